The predicted octanol–water partition coefficient (Wildman–Crippen LogP) is 0.938. The van der Waals surface area contributed by atoms with Crippen molar-refractivity contribution >= 4 is 30.7 Å². The maximum absolute atomic E-state index is 12.1. The molecule has 1 saturated carbocycles. The number of likely N-dealkylation sites (N-methyl/N-ethyl adjacent to an activating group) is 1. The van der Waals surface area contributed by atoms with Gasteiger partial charge in [-0.05, 0) is 33.7 Å². The molecule has 0 radical (unpaired) electrons. The number of aromatic nitrogens is 4. The van der Waals surface area contributed by atoms with Crippen molar-refractivity contribution < 1.29 is 28.6 Å². The average molecular weight is 428 g/mol. The summed E-state index contributed by atoms with van der Waals surface area (Å²) in [6.45, 7) is 3.20. The van der Waals surface area contributed by atoms with Crippen LogP contribution in [0.1, 0.15) is 26.7 Å². The van der Waals surface area contributed by atoms with Gasteiger partial charge in [-0.2, -0.15) is 0 Å². The highest BCUT2D eigenvalue weighted by Crippen LogP contribution is 2.51. The fraction of sp³-hybridized carbons (Fsp3) is 0.625. The molecule has 3 rings (SSSR count). The van der Waals surface area contributed by atoms with Crippen molar-refractivity contribution in [3.05, 3.63) is 12.7 Å². The molecule has 0 saturated heterocycles. The van der Waals surface area contributed by atoms with Crippen LogP contribution in [0, 0.1) is 0 Å². The molecule has 0 bridgehead atoms. The van der Waals surface area contributed by atoms with E-state index in [4.69, 9.17) is 15.2 Å². The third kappa shape index (κ3) is 4.67. The Bertz CT molecular complexity index is 939. The van der Waals surface area contributed by atoms with E-state index in [9.17, 15) is 19.1 Å². The van der Waals surface area contributed by atoms with Crippen LogP contribution in [-0.2, 0) is 20.6 Å². The van der Waals surface area contributed by atoms with Gasteiger partial charge in [-0.3, -0.25) is 9.46 Å². The fourth-order valence-corrected chi connectivity index (χ4v) is 4.18. The van der Waals surface area contributed by atoms with Gasteiger partial charge in [0.2, 0.25) is 0 Å². The summed E-state index contributed by atoms with van der Waals surface area (Å²) in [6.07, 6.45) is 2.96. The van der Waals surface area contributed by atoms with Crippen LogP contribution in [0.5, 0.6) is 0 Å². The molecule has 1 fully saturated rings. The number of imidazole rings is 1. The van der Waals surface area contributed by atoms with Crippen LogP contribution in [0.25, 0.3) is 11.2 Å². The minimum absolute atomic E-state index is 0.261. The Morgan fingerprint density at radius 2 is 2.07 bits per heavy atom. The Morgan fingerprint density at radius 3 is 2.66 bits per heavy atom. The van der Waals surface area contributed by atoms with Crippen molar-refractivity contribution in [2.45, 2.75) is 50.7 Å². The second-order valence-electron chi connectivity index (χ2n) is 7.44. The molecule has 0 aromatic carbocycles. The zero-order valence-corrected chi connectivity index (χ0v) is 17.3. The van der Waals surface area contributed by atoms with E-state index in [-0.39, 0.29) is 5.82 Å². The molecule has 0 spiro atoms. The summed E-state index contributed by atoms with van der Waals surface area (Å²) in [5.74, 6) is -1.05. The molecule has 2 heterocycles. The minimum atomic E-state index is -4.60. The number of hydrogen-bond acceptors (Lipinski definition) is 9. The Balaban J connectivity index is 1.77. The van der Waals surface area contributed by atoms with Gasteiger partial charge < -0.3 is 29.6 Å². The van der Waals surface area contributed by atoms with Crippen LogP contribution in [0.3, 0.4) is 0 Å². The second-order valence-corrected chi connectivity index (χ2v) is 9.21. The lowest BCUT2D eigenvalue weighted by molar-refractivity contribution is 0.0184. The highest BCUT2D eigenvalue weighted by atomic mass is 31.2. The number of nitrogen functional groups attached to an aromatic ring is 1. The van der Waals surface area contributed by atoms with E-state index in [0.29, 0.717) is 30.6 Å². The number of carbonyl (C=O) groups excluding carboxylic acids is 1. The first kappa shape index (κ1) is 21.4. The SMILES string of the molecule is CC(C)OC(=O)OCC(N(C)C1(Cn2cnc3c(N)ncnc32)CC1)P(=O)(O)O. The molecule has 1 aliphatic rings. The Morgan fingerprint density at radius 1 is 1.38 bits per heavy atom. The van der Waals surface area contributed by atoms with E-state index >= 15 is 0 Å². The molecular weight excluding hydrogens is 403 g/mol. The molecule has 12 nitrogen and oxygen atoms in total. The highest BCUT2D eigenvalue weighted by Gasteiger charge is 2.52. The number of ether oxygens (including phenoxy) is 2. The molecule has 0 amide bonds. The summed E-state index contributed by atoms with van der Waals surface area (Å²) < 4.78 is 23.7. The van der Waals surface area contributed by atoms with Gasteiger partial charge in [-0.15, -0.1) is 0 Å². The number of fused-ring (bicyclic) bond motifs is 1. The summed E-state index contributed by atoms with van der Waals surface area (Å²) in [6, 6.07) is 0. The summed E-state index contributed by atoms with van der Waals surface area (Å²) in [5, 5.41) is 0. The van der Waals surface area contributed by atoms with Gasteiger partial charge in [0.05, 0.1) is 12.4 Å². The first-order chi connectivity index (χ1) is 13.5. The third-order valence-electron chi connectivity index (χ3n) is 4.99. The molecule has 2 aromatic heterocycles. The number of nitrogens with zero attached hydrogens (tertiary/aromatic N) is 5. The average Bonchev–Trinajstić information content (AvgIpc) is 3.27. The van der Waals surface area contributed by atoms with Crippen LogP contribution in [0.2, 0.25) is 0 Å². The lowest BCUT2D eigenvalue weighted by atomic mass is 10.2. The van der Waals surface area contributed by atoms with Crippen LogP contribution in [0.4, 0.5) is 10.6 Å². The van der Waals surface area contributed by atoms with Gasteiger partial charge in [0, 0.05) is 12.1 Å². The smallest absolute Gasteiger partial charge is 0.432 e. The number of nitrogens with two attached hydrogens (primary N) is 1. The fourth-order valence-electron chi connectivity index (χ4n) is 3.22. The van der Waals surface area contributed by atoms with Gasteiger partial charge in [-0.1, -0.05) is 0 Å². The first-order valence-corrected chi connectivity index (χ1v) is 10.7. The van der Waals surface area contributed by atoms with Crippen LogP contribution < -0.4 is 5.73 Å². The highest BCUT2D eigenvalue weighted by molar-refractivity contribution is 7.52. The quantitative estimate of drug-likeness (QED) is 0.404. The van der Waals surface area contributed by atoms with Gasteiger partial charge in [0.1, 0.15) is 24.2 Å². The van der Waals surface area contributed by atoms with Gasteiger partial charge in [-0.25, -0.2) is 19.7 Å². The van der Waals surface area contributed by atoms with Crippen LogP contribution in [-0.4, -0.2) is 71.4 Å². The van der Waals surface area contributed by atoms with Crippen molar-refractivity contribution in [3.8, 4) is 0 Å². The predicted molar refractivity (Wildman–Crippen MR) is 103 cm³/mol. The molecule has 29 heavy (non-hydrogen) atoms. The van der Waals surface area contributed by atoms with Gasteiger partial charge in [0.25, 0.3) is 0 Å². The van der Waals surface area contributed by atoms with Crippen LogP contribution >= 0.6 is 7.60 Å². The van der Waals surface area contributed by atoms with Crippen molar-refractivity contribution in [2.75, 3.05) is 19.4 Å². The van der Waals surface area contributed by atoms with Crippen molar-refractivity contribution in [1.82, 2.24) is 24.4 Å². The molecular formula is C16H25N6O6P. The summed E-state index contributed by atoms with van der Waals surface area (Å²) in [7, 11) is -2.99. The molecule has 160 valence electrons. The van der Waals surface area contributed by atoms with E-state index in [1.54, 1.807) is 36.7 Å². The number of anilines is 1. The maximum Gasteiger partial charge on any atom is 0.508 e. The van der Waals surface area contributed by atoms with E-state index in [1.165, 1.54) is 6.33 Å². The zero-order chi connectivity index (χ0) is 21.4. The molecule has 2 aromatic rings. The summed E-state index contributed by atoms with van der Waals surface area (Å²) >= 11 is 0. The largest absolute Gasteiger partial charge is 0.508 e. The Hall–Kier alpha value is -2.27. The zero-order valence-electron chi connectivity index (χ0n) is 16.4. The Kier molecular flexibility index (Phi) is 5.81. The van der Waals surface area contributed by atoms with E-state index < -0.39 is 37.8 Å². The lowest BCUT2D eigenvalue weighted by Gasteiger charge is -2.35. The van der Waals surface area contributed by atoms with Crippen molar-refractivity contribution in [1.29, 1.82) is 0 Å². The van der Waals surface area contributed by atoms with E-state index in [2.05, 4.69) is 15.0 Å². The molecule has 4 N–H and O–H groups in total. The topological polar surface area (TPSA) is 166 Å². The first-order valence-electron chi connectivity index (χ1n) is 9.06. The van der Waals surface area contributed by atoms with E-state index in [1.807, 2.05) is 0 Å². The number of carbonyl (C=O) groups is 1. The maximum atomic E-state index is 12.1. The lowest BCUT2D eigenvalue weighted by Crippen LogP contribution is -2.46. The molecule has 13 heteroatoms. The Labute approximate surface area is 167 Å². The van der Waals surface area contributed by atoms with Crippen molar-refractivity contribution in [2.24, 2.45) is 0 Å². The van der Waals surface area contributed by atoms with E-state index in [0.717, 1.165) is 0 Å². The van der Waals surface area contributed by atoms with Crippen molar-refractivity contribution in [3.63, 3.8) is 0 Å². The van der Waals surface area contributed by atoms with Gasteiger partial charge in [0.15, 0.2) is 11.5 Å². The molecule has 1 atom stereocenters. The number of rotatable bonds is 8. The van der Waals surface area contributed by atoms with Crippen LogP contribution in [0.15, 0.2) is 12.7 Å². The third-order valence-corrected chi connectivity index (χ3v) is 6.26. The standard InChI is InChI=1S/C16H25N6O6P/c1-10(2)28-15(23)27-6-11(29(24,25)26)21(3)16(4-5-16)7-22-9-20-12-13(17)18-8-19-14(12)22/h8-11H,4-7H2,1-3H3,(H2,17,18,19)(H2,24,25,26). The summed E-state index contributed by atoms with van der Waals surface area (Å²) in [4.78, 5) is 45.3. The normalized spacial score (nSPS) is 16.9. The molecule has 0 aliphatic heterocycles. The monoisotopic (exact) mass is 428 g/mol. The van der Waals surface area contributed by atoms with Gasteiger partial charge >= 0.3 is 13.8 Å². The minimum Gasteiger partial charge on any atom is -0.432 e. The molecule has 1 unspecified atom stereocenters. The molecule has 1 aliphatic carbocycles. The second kappa shape index (κ2) is 7.86. The summed E-state index contributed by atoms with van der Waals surface area (Å²) in [5.41, 5.74) is 6.29. The number of hydrogen-bond donors (Lipinski definition) is 3.